The van der Waals surface area contributed by atoms with Crippen molar-refractivity contribution in [1.29, 1.82) is 0 Å². The summed E-state index contributed by atoms with van der Waals surface area (Å²) in [5.41, 5.74) is 0. The molecule has 1 aliphatic heterocycles. The number of nitrogens with one attached hydrogen (secondary N) is 1. The van der Waals surface area contributed by atoms with Gasteiger partial charge in [-0.2, -0.15) is 0 Å². The van der Waals surface area contributed by atoms with Crippen molar-refractivity contribution in [2.24, 2.45) is 0 Å². The lowest BCUT2D eigenvalue weighted by Gasteiger charge is -2.23. The zero-order valence-corrected chi connectivity index (χ0v) is 11.9. The molecule has 4 heteroatoms. The van der Waals surface area contributed by atoms with Crippen LogP contribution >= 0.6 is 0 Å². The van der Waals surface area contributed by atoms with Crippen LogP contribution < -0.4 is 5.32 Å². The highest BCUT2D eigenvalue weighted by atomic mass is 16.5. The zero-order valence-electron chi connectivity index (χ0n) is 11.9. The molecule has 1 N–H and O–H groups in total. The molecular formula is C14H28N2O2. The van der Waals surface area contributed by atoms with E-state index >= 15 is 0 Å². The Labute approximate surface area is 111 Å². The van der Waals surface area contributed by atoms with Crippen LogP contribution in [0.5, 0.6) is 0 Å². The molecule has 0 bridgehead atoms. The minimum absolute atomic E-state index is 0.208. The number of amides is 1. The number of unbranched alkanes of at least 4 members (excludes halogenated alkanes) is 2. The molecule has 0 aliphatic carbocycles. The molecule has 0 aromatic rings. The topological polar surface area (TPSA) is 41.6 Å². The Hall–Kier alpha value is -0.610. The van der Waals surface area contributed by atoms with E-state index in [4.69, 9.17) is 4.74 Å². The van der Waals surface area contributed by atoms with Crippen LogP contribution in [0.2, 0.25) is 0 Å². The van der Waals surface area contributed by atoms with E-state index in [0.29, 0.717) is 19.1 Å². The fourth-order valence-corrected chi connectivity index (χ4v) is 2.19. The Morgan fingerprint density at radius 1 is 1.33 bits per heavy atom. The number of carbonyl (C=O) groups is 1. The molecule has 0 aromatic heterocycles. The van der Waals surface area contributed by atoms with Gasteiger partial charge in [-0.1, -0.05) is 19.8 Å². The van der Waals surface area contributed by atoms with Gasteiger partial charge in [0.1, 0.15) is 0 Å². The van der Waals surface area contributed by atoms with E-state index in [-0.39, 0.29) is 5.91 Å². The molecule has 1 aliphatic rings. The number of rotatable bonds is 8. The van der Waals surface area contributed by atoms with Crippen LogP contribution in [0.15, 0.2) is 0 Å². The molecule has 1 rings (SSSR count). The lowest BCUT2D eigenvalue weighted by Crippen LogP contribution is -2.34. The first kappa shape index (κ1) is 15.4. The Morgan fingerprint density at radius 3 is 2.72 bits per heavy atom. The molecular weight excluding hydrogens is 228 g/mol. The summed E-state index contributed by atoms with van der Waals surface area (Å²) in [6.45, 7) is 5.70. The third-order valence-corrected chi connectivity index (χ3v) is 3.48. The standard InChI is InChI=1S/C14H28N2O2/c1-3-4-5-11-16(2)14(17)8-12-18-13-6-9-15-10-7-13/h13,15H,3-12H2,1-2H3. The van der Waals surface area contributed by atoms with Gasteiger partial charge in [0.15, 0.2) is 0 Å². The first-order chi connectivity index (χ1) is 8.74. The summed E-state index contributed by atoms with van der Waals surface area (Å²) in [7, 11) is 1.89. The zero-order chi connectivity index (χ0) is 13.2. The molecule has 1 saturated heterocycles. The Balaban J connectivity index is 2.04. The van der Waals surface area contributed by atoms with Gasteiger partial charge in [0, 0.05) is 13.6 Å². The quantitative estimate of drug-likeness (QED) is 0.673. The fourth-order valence-electron chi connectivity index (χ4n) is 2.19. The molecule has 4 nitrogen and oxygen atoms in total. The van der Waals surface area contributed by atoms with Crippen molar-refractivity contribution in [3.63, 3.8) is 0 Å². The summed E-state index contributed by atoms with van der Waals surface area (Å²) in [6, 6.07) is 0. The lowest BCUT2D eigenvalue weighted by molar-refractivity contribution is -0.131. The van der Waals surface area contributed by atoms with Crippen molar-refractivity contribution in [2.45, 2.75) is 51.6 Å². The minimum atomic E-state index is 0.208. The van der Waals surface area contributed by atoms with Gasteiger partial charge in [-0.05, 0) is 32.4 Å². The normalized spacial score (nSPS) is 16.8. The Morgan fingerprint density at radius 2 is 2.06 bits per heavy atom. The summed E-state index contributed by atoms with van der Waals surface area (Å²) in [6.07, 6.45) is 6.51. The van der Waals surface area contributed by atoms with Crippen molar-refractivity contribution in [1.82, 2.24) is 10.2 Å². The number of hydrogen-bond acceptors (Lipinski definition) is 3. The van der Waals surface area contributed by atoms with Crippen LogP contribution in [-0.2, 0) is 9.53 Å². The molecule has 0 radical (unpaired) electrons. The van der Waals surface area contributed by atoms with Crippen molar-refractivity contribution in [3.8, 4) is 0 Å². The van der Waals surface area contributed by atoms with Gasteiger partial charge in [0.05, 0.1) is 19.1 Å². The van der Waals surface area contributed by atoms with Crippen molar-refractivity contribution in [2.75, 3.05) is 33.3 Å². The van der Waals surface area contributed by atoms with Gasteiger partial charge < -0.3 is 15.0 Å². The number of ether oxygens (including phenoxy) is 1. The summed E-state index contributed by atoms with van der Waals surface area (Å²) in [4.78, 5) is 13.6. The van der Waals surface area contributed by atoms with E-state index in [1.54, 1.807) is 0 Å². The van der Waals surface area contributed by atoms with E-state index < -0.39 is 0 Å². The molecule has 1 heterocycles. The molecule has 0 spiro atoms. The smallest absolute Gasteiger partial charge is 0.224 e. The lowest BCUT2D eigenvalue weighted by atomic mass is 10.1. The molecule has 1 fully saturated rings. The van der Waals surface area contributed by atoms with Gasteiger partial charge in [-0.3, -0.25) is 4.79 Å². The second-order valence-electron chi connectivity index (χ2n) is 5.09. The average molecular weight is 256 g/mol. The largest absolute Gasteiger partial charge is 0.378 e. The van der Waals surface area contributed by atoms with Crippen molar-refractivity contribution >= 4 is 5.91 Å². The predicted octanol–water partition coefficient (Wildman–Crippen LogP) is 1.79. The summed E-state index contributed by atoms with van der Waals surface area (Å²) in [5, 5.41) is 3.31. The highest BCUT2D eigenvalue weighted by Gasteiger charge is 2.14. The average Bonchev–Trinajstić information content (AvgIpc) is 2.40. The molecule has 18 heavy (non-hydrogen) atoms. The maximum absolute atomic E-state index is 11.8. The number of piperidine rings is 1. The van der Waals surface area contributed by atoms with Gasteiger partial charge in [0.2, 0.25) is 5.91 Å². The van der Waals surface area contributed by atoms with Crippen LogP contribution in [0.3, 0.4) is 0 Å². The molecule has 0 saturated carbocycles. The molecule has 106 valence electrons. The first-order valence-corrected chi connectivity index (χ1v) is 7.30. The van der Waals surface area contributed by atoms with E-state index in [9.17, 15) is 4.79 Å². The summed E-state index contributed by atoms with van der Waals surface area (Å²) in [5.74, 6) is 0.208. The number of nitrogens with zero attached hydrogens (tertiary/aromatic N) is 1. The van der Waals surface area contributed by atoms with Gasteiger partial charge >= 0.3 is 0 Å². The fraction of sp³-hybridized carbons (Fsp3) is 0.929. The van der Waals surface area contributed by atoms with Gasteiger partial charge in [-0.25, -0.2) is 0 Å². The van der Waals surface area contributed by atoms with Crippen LogP contribution in [0.25, 0.3) is 0 Å². The minimum Gasteiger partial charge on any atom is -0.378 e. The van der Waals surface area contributed by atoms with Crippen LogP contribution in [0.4, 0.5) is 0 Å². The maximum Gasteiger partial charge on any atom is 0.224 e. The Bertz CT molecular complexity index is 228. The number of carbonyl (C=O) groups excluding carboxylic acids is 1. The maximum atomic E-state index is 11.8. The summed E-state index contributed by atoms with van der Waals surface area (Å²) < 4.78 is 5.74. The molecule has 0 unspecified atom stereocenters. The Kier molecular flexibility index (Phi) is 8.01. The van der Waals surface area contributed by atoms with E-state index in [1.807, 2.05) is 11.9 Å². The monoisotopic (exact) mass is 256 g/mol. The van der Waals surface area contributed by atoms with Gasteiger partial charge in [-0.15, -0.1) is 0 Å². The van der Waals surface area contributed by atoms with Crippen LogP contribution in [0.1, 0.15) is 45.4 Å². The van der Waals surface area contributed by atoms with E-state index in [0.717, 1.165) is 38.9 Å². The highest BCUT2D eigenvalue weighted by Crippen LogP contribution is 2.08. The molecule has 0 aromatic carbocycles. The van der Waals surface area contributed by atoms with E-state index in [2.05, 4.69) is 12.2 Å². The highest BCUT2D eigenvalue weighted by molar-refractivity contribution is 5.75. The SMILES string of the molecule is CCCCCN(C)C(=O)CCOC1CCNCC1. The summed E-state index contributed by atoms with van der Waals surface area (Å²) >= 11 is 0. The second kappa shape index (κ2) is 9.34. The van der Waals surface area contributed by atoms with E-state index in [1.165, 1.54) is 12.8 Å². The third kappa shape index (κ3) is 6.36. The van der Waals surface area contributed by atoms with Crippen LogP contribution in [-0.4, -0.2) is 50.2 Å². The second-order valence-corrected chi connectivity index (χ2v) is 5.09. The number of hydrogen-bond donors (Lipinski definition) is 1. The predicted molar refractivity (Wildman–Crippen MR) is 73.6 cm³/mol. The van der Waals surface area contributed by atoms with Gasteiger partial charge in [0.25, 0.3) is 0 Å². The molecule has 0 atom stereocenters. The van der Waals surface area contributed by atoms with Crippen molar-refractivity contribution in [3.05, 3.63) is 0 Å². The van der Waals surface area contributed by atoms with Crippen LogP contribution in [0, 0.1) is 0 Å². The molecule has 1 amide bonds. The van der Waals surface area contributed by atoms with Crippen molar-refractivity contribution < 1.29 is 9.53 Å². The first-order valence-electron chi connectivity index (χ1n) is 7.30. The third-order valence-electron chi connectivity index (χ3n) is 3.48.